The quantitative estimate of drug-likeness (QED) is 0.696. The smallest absolute Gasteiger partial charge is 0.305 e. The van der Waals surface area contributed by atoms with E-state index in [1.807, 2.05) is 6.92 Å². The van der Waals surface area contributed by atoms with E-state index in [1.54, 1.807) is 7.11 Å². The summed E-state index contributed by atoms with van der Waals surface area (Å²) in [6.45, 7) is 2.39. The first kappa shape index (κ1) is 7.50. The van der Waals surface area contributed by atoms with Crippen molar-refractivity contribution < 1.29 is 4.74 Å². The molecule has 0 unspecified atom stereocenters. The van der Waals surface area contributed by atoms with Gasteiger partial charge in [0.25, 0.3) is 0 Å². The molecule has 0 fully saturated rings. The average Bonchev–Trinajstić information content (AvgIpc) is 2.13. The zero-order valence-corrected chi connectivity index (χ0v) is 6.75. The third-order valence-corrected chi connectivity index (χ3v) is 2.16. The summed E-state index contributed by atoms with van der Waals surface area (Å²) in [4.78, 5) is 14.3. The summed E-state index contributed by atoms with van der Waals surface area (Å²) >= 11 is 1.20. The molecule has 0 aliphatic carbocycles. The first-order chi connectivity index (χ1) is 4.74. The lowest BCUT2D eigenvalue weighted by molar-refractivity contribution is 0.187. The van der Waals surface area contributed by atoms with Crippen molar-refractivity contribution in [1.29, 1.82) is 0 Å². The molecule has 3 nitrogen and oxygen atoms in total. The molecule has 10 heavy (non-hydrogen) atoms. The van der Waals surface area contributed by atoms with Crippen LogP contribution in [-0.2, 0) is 11.3 Å². The molecule has 0 aliphatic heterocycles. The van der Waals surface area contributed by atoms with Crippen LogP contribution in [0.3, 0.4) is 0 Å². The van der Waals surface area contributed by atoms with Gasteiger partial charge in [0.05, 0.1) is 11.5 Å². The lowest BCUT2D eigenvalue weighted by Gasteiger charge is -1.92. The van der Waals surface area contributed by atoms with Crippen LogP contribution in [0.4, 0.5) is 0 Å². The number of aromatic amines is 1. The number of aromatic nitrogens is 1. The van der Waals surface area contributed by atoms with E-state index in [0.717, 1.165) is 10.6 Å². The molecule has 1 aromatic heterocycles. The van der Waals surface area contributed by atoms with Crippen molar-refractivity contribution >= 4 is 11.3 Å². The predicted octanol–water partition coefficient (Wildman–Crippen LogP) is 0.891. The fourth-order valence-corrected chi connectivity index (χ4v) is 1.51. The van der Waals surface area contributed by atoms with Crippen LogP contribution in [0, 0.1) is 6.92 Å². The molecule has 0 radical (unpaired) electrons. The van der Waals surface area contributed by atoms with Crippen LogP contribution < -0.4 is 4.87 Å². The molecule has 1 aromatic rings. The second-order valence-electron chi connectivity index (χ2n) is 2.00. The van der Waals surface area contributed by atoms with Crippen LogP contribution in [0.2, 0.25) is 0 Å². The first-order valence-corrected chi connectivity index (χ1v) is 3.73. The molecule has 0 atom stereocenters. The minimum absolute atomic E-state index is 0.00968. The van der Waals surface area contributed by atoms with Gasteiger partial charge in [-0.05, 0) is 6.92 Å². The van der Waals surface area contributed by atoms with Crippen LogP contribution in [0.1, 0.15) is 10.6 Å². The number of rotatable bonds is 2. The summed E-state index contributed by atoms with van der Waals surface area (Å²) in [6, 6.07) is 0. The Morgan fingerprint density at radius 2 is 2.40 bits per heavy atom. The Morgan fingerprint density at radius 1 is 1.70 bits per heavy atom. The van der Waals surface area contributed by atoms with Gasteiger partial charge in [-0.3, -0.25) is 4.79 Å². The molecule has 0 bridgehead atoms. The Balaban J connectivity index is 2.92. The highest BCUT2D eigenvalue weighted by molar-refractivity contribution is 7.09. The van der Waals surface area contributed by atoms with E-state index >= 15 is 0 Å². The number of thiazole rings is 1. The predicted molar refractivity (Wildman–Crippen MR) is 40.4 cm³/mol. The molecule has 1 heterocycles. The van der Waals surface area contributed by atoms with Gasteiger partial charge in [0.2, 0.25) is 0 Å². The molecule has 4 heteroatoms. The number of hydrogen-bond acceptors (Lipinski definition) is 3. The Kier molecular flexibility index (Phi) is 2.24. The molecule has 0 amide bonds. The highest BCUT2D eigenvalue weighted by atomic mass is 32.1. The highest BCUT2D eigenvalue weighted by Crippen LogP contribution is 2.07. The molecular weight excluding hydrogens is 150 g/mol. The van der Waals surface area contributed by atoms with E-state index in [0.29, 0.717) is 6.61 Å². The van der Waals surface area contributed by atoms with Crippen LogP contribution in [0.5, 0.6) is 0 Å². The van der Waals surface area contributed by atoms with Crippen LogP contribution in [-0.4, -0.2) is 12.1 Å². The van der Waals surface area contributed by atoms with E-state index in [9.17, 15) is 4.79 Å². The van der Waals surface area contributed by atoms with E-state index in [-0.39, 0.29) is 4.87 Å². The number of aryl methyl sites for hydroxylation is 1. The fraction of sp³-hybridized carbons (Fsp3) is 0.500. The Labute approximate surface area is 62.7 Å². The summed E-state index contributed by atoms with van der Waals surface area (Å²) in [7, 11) is 1.61. The number of H-pyrrole nitrogens is 1. The van der Waals surface area contributed by atoms with Crippen LogP contribution in [0.15, 0.2) is 4.79 Å². The molecule has 0 spiro atoms. The third-order valence-electron chi connectivity index (χ3n) is 1.20. The van der Waals surface area contributed by atoms with Crippen molar-refractivity contribution in [3.63, 3.8) is 0 Å². The Bertz CT molecular complexity index is 263. The van der Waals surface area contributed by atoms with E-state index < -0.39 is 0 Å². The fourth-order valence-electron chi connectivity index (χ4n) is 0.706. The van der Waals surface area contributed by atoms with Crippen molar-refractivity contribution in [3.05, 3.63) is 20.2 Å². The number of methoxy groups -OCH3 is 1. The molecule has 56 valence electrons. The van der Waals surface area contributed by atoms with Crippen LogP contribution >= 0.6 is 11.3 Å². The third kappa shape index (κ3) is 1.46. The van der Waals surface area contributed by atoms with Gasteiger partial charge in [0, 0.05) is 12.8 Å². The van der Waals surface area contributed by atoms with Gasteiger partial charge in [0.15, 0.2) is 0 Å². The summed E-state index contributed by atoms with van der Waals surface area (Å²) < 4.78 is 4.87. The van der Waals surface area contributed by atoms with Crippen molar-refractivity contribution in [2.45, 2.75) is 13.5 Å². The minimum Gasteiger partial charge on any atom is -0.379 e. The van der Waals surface area contributed by atoms with Gasteiger partial charge in [-0.1, -0.05) is 11.3 Å². The second kappa shape index (κ2) is 2.98. The summed E-state index contributed by atoms with van der Waals surface area (Å²) in [5.74, 6) is 0. The summed E-state index contributed by atoms with van der Waals surface area (Å²) in [5, 5.41) is 0. The highest BCUT2D eigenvalue weighted by Gasteiger charge is 2.00. The molecule has 0 aromatic carbocycles. The minimum atomic E-state index is -0.00968. The topological polar surface area (TPSA) is 42.1 Å². The van der Waals surface area contributed by atoms with Crippen molar-refractivity contribution in [2.75, 3.05) is 7.11 Å². The van der Waals surface area contributed by atoms with Gasteiger partial charge in [0.1, 0.15) is 0 Å². The maximum absolute atomic E-state index is 10.7. The molecule has 1 N–H and O–H groups in total. The van der Waals surface area contributed by atoms with Gasteiger partial charge in [-0.2, -0.15) is 0 Å². The number of ether oxygens (including phenoxy) is 1. The van der Waals surface area contributed by atoms with E-state index in [4.69, 9.17) is 4.74 Å². The number of hydrogen-bond donors (Lipinski definition) is 1. The second-order valence-corrected chi connectivity index (χ2v) is 3.06. The lowest BCUT2D eigenvalue weighted by atomic mass is 10.4. The summed E-state index contributed by atoms with van der Waals surface area (Å²) in [5.41, 5.74) is 0.914. The maximum atomic E-state index is 10.7. The maximum Gasteiger partial charge on any atom is 0.305 e. The molecule has 0 aliphatic rings. The SMILES string of the molecule is COCc1sc(=O)[nH]c1C. The van der Waals surface area contributed by atoms with Crippen molar-refractivity contribution in [1.82, 2.24) is 4.98 Å². The largest absolute Gasteiger partial charge is 0.379 e. The lowest BCUT2D eigenvalue weighted by Crippen LogP contribution is -1.91. The van der Waals surface area contributed by atoms with Gasteiger partial charge >= 0.3 is 4.87 Å². The molecule has 0 saturated heterocycles. The first-order valence-electron chi connectivity index (χ1n) is 2.91. The molecular formula is C6H9NO2S. The Hall–Kier alpha value is -0.610. The van der Waals surface area contributed by atoms with Crippen LogP contribution in [0.25, 0.3) is 0 Å². The normalized spacial score (nSPS) is 10.2. The van der Waals surface area contributed by atoms with Gasteiger partial charge in [-0.25, -0.2) is 0 Å². The van der Waals surface area contributed by atoms with Crippen molar-refractivity contribution in [2.24, 2.45) is 0 Å². The molecule has 0 saturated carbocycles. The molecule has 1 rings (SSSR count). The monoisotopic (exact) mass is 159 g/mol. The van der Waals surface area contributed by atoms with Gasteiger partial charge in [-0.15, -0.1) is 0 Å². The van der Waals surface area contributed by atoms with Gasteiger partial charge < -0.3 is 9.72 Å². The standard InChI is InChI=1S/C6H9NO2S/c1-4-5(3-9-2)10-6(8)7-4/h3H2,1-2H3,(H,7,8). The number of nitrogens with one attached hydrogen (secondary N) is 1. The zero-order chi connectivity index (χ0) is 7.56. The summed E-state index contributed by atoms with van der Waals surface area (Å²) in [6.07, 6.45) is 0. The average molecular weight is 159 g/mol. The van der Waals surface area contributed by atoms with E-state index in [2.05, 4.69) is 4.98 Å². The van der Waals surface area contributed by atoms with E-state index in [1.165, 1.54) is 11.3 Å². The van der Waals surface area contributed by atoms with Crippen molar-refractivity contribution in [3.8, 4) is 0 Å². The Morgan fingerprint density at radius 3 is 2.80 bits per heavy atom. The zero-order valence-electron chi connectivity index (χ0n) is 5.93.